The highest BCUT2D eigenvalue weighted by Gasteiger charge is 2.33. The molecule has 20 heavy (non-hydrogen) atoms. The van der Waals surface area contributed by atoms with Gasteiger partial charge in [0.05, 0.1) is 0 Å². The Kier molecular flexibility index (Phi) is 4.06. The van der Waals surface area contributed by atoms with Crippen molar-refractivity contribution in [2.45, 2.75) is 57.0 Å². The minimum absolute atomic E-state index is 0.271. The summed E-state index contributed by atoms with van der Waals surface area (Å²) >= 11 is 0. The summed E-state index contributed by atoms with van der Waals surface area (Å²) in [6.45, 7) is 0.948. The largest absolute Gasteiger partial charge is 0.480 e. The Labute approximate surface area is 120 Å². The lowest BCUT2D eigenvalue weighted by Gasteiger charge is -2.37. The van der Waals surface area contributed by atoms with Crippen LogP contribution in [0.5, 0.6) is 0 Å². The van der Waals surface area contributed by atoms with Gasteiger partial charge >= 0.3 is 5.97 Å². The third kappa shape index (κ3) is 2.73. The van der Waals surface area contributed by atoms with Gasteiger partial charge in [0.2, 0.25) is 0 Å². The summed E-state index contributed by atoms with van der Waals surface area (Å²) in [6.07, 6.45) is 7.38. The average Bonchev–Trinajstić information content (AvgIpc) is 2.72. The van der Waals surface area contributed by atoms with Crippen molar-refractivity contribution in [3.8, 4) is 0 Å². The van der Waals surface area contributed by atoms with E-state index in [2.05, 4.69) is 29.2 Å². The monoisotopic (exact) mass is 273 g/mol. The summed E-state index contributed by atoms with van der Waals surface area (Å²) < 4.78 is 0. The molecule has 0 radical (unpaired) electrons. The van der Waals surface area contributed by atoms with Crippen LogP contribution >= 0.6 is 0 Å². The van der Waals surface area contributed by atoms with Crippen molar-refractivity contribution in [1.29, 1.82) is 0 Å². The van der Waals surface area contributed by atoms with Crippen molar-refractivity contribution in [2.24, 2.45) is 0 Å². The lowest BCUT2D eigenvalue weighted by atomic mass is 9.87. The summed E-state index contributed by atoms with van der Waals surface area (Å²) in [7, 11) is 0. The standard InChI is InChI=1S/C17H23NO2/c19-17(20)16-8-2-1-5-11-18(16)15-10-9-13-6-3-4-7-14(13)12-15/h3-4,6-7,15-16H,1-2,5,8-12H2,(H,19,20). The SMILES string of the molecule is O=C(O)C1CCCCCN1C1CCc2ccccc2C1. The van der Waals surface area contributed by atoms with Gasteiger partial charge in [-0.25, -0.2) is 0 Å². The predicted octanol–water partition coefficient (Wildman–Crippen LogP) is 2.87. The number of aliphatic carboxylic acids is 1. The number of benzene rings is 1. The molecule has 1 aromatic carbocycles. The minimum Gasteiger partial charge on any atom is -0.480 e. The first-order chi connectivity index (χ1) is 9.75. The van der Waals surface area contributed by atoms with E-state index in [1.807, 2.05) is 0 Å². The summed E-state index contributed by atoms with van der Waals surface area (Å²) in [6, 6.07) is 8.75. The summed E-state index contributed by atoms with van der Waals surface area (Å²) in [5.41, 5.74) is 2.86. The Hall–Kier alpha value is -1.35. The zero-order chi connectivity index (χ0) is 13.9. The first kappa shape index (κ1) is 13.6. The van der Waals surface area contributed by atoms with E-state index >= 15 is 0 Å². The third-order valence-electron chi connectivity index (χ3n) is 4.87. The average molecular weight is 273 g/mol. The van der Waals surface area contributed by atoms with Gasteiger partial charge in [-0.2, -0.15) is 0 Å². The van der Waals surface area contributed by atoms with Gasteiger partial charge in [-0.15, -0.1) is 0 Å². The molecule has 3 rings (SSSR count). The number of hydrogen-bond donors (Lipinski definition) is 1. The highest BCUT2D eigenvalue weighted by atomic mass is 16.4. The molecule has 1 aromatic rings. The minimum atomic E-state index is -0.634. The molecule has 0 amide bonds. The smallest absolute Gasteiger partial charge is 0.320 e. The van der Waals surface area contributed by atoms with E-state index in [-0.39, 0.29) is 6.04 Å². The Balaban J connectivity index is 1.79. The molecule has 2 aliphatic rings. The Bertz CT molecular complexity index is 486. The fraction of sp³-hybridized carbons (Fsp3) is 0.588. The highest BCUT2D eigenvalue weighted by molar-refractivity contribution is 5.73. The van der Waals surface area contributed by atoms with Crippen molar-refractivity contribution < 1.29 is 9.90 Å². The van der Waals surface area contributed by atoms with E-state index in [0.717, 1.165) is 45.1 Å². The maximum Gasteiger partial charge on any atom is 0.320 e. The molecule has 0 aromatic heterocycles. The van der Waals surface area contributed by atoms with Gasteiger partial charge in [-0.05, 0) is 49.8 Å². The number of hydrogen-bond acceptors (Lipinski definition) is 2. The number of carboxylic acid groups (broad SMARTS) is 1. The molecule has 1 aliphatic heterocycles. The van der Waals surface area contributed by atoms with Crippen LogP contribution in [0.4, 0.5) is 0 Å². The van der Waals surface area contributed by atoms with Crippen LogP contribution in [-0.4, -0.2) is 34.6 Å². The van der Waals surface area contributed by atoms with Gasteiger partial charge in [0, 0.05) is 6.04 Å². The number of likely N-dealkylation sites (tertiary alicyclic amines) is 1. The highest BCUT2D eigenvalue weighted by Crippen LogP contribution is 2.28. The number of fused-ring (bicyclic) bond motifs is 1. The lowest BCUT2D eigenvalue weighted by molar-refractivity contribution is -0.144. The van der Waals surface area contributed by atoms with E-state index in [0.29, 0.717) is 6.04 Å². The van der Waals surface area contributed by atoms with Crippen LogP contribution in [0.2, 0.25) is 0 Å². The Morgan fingerprint density at radius 2 is 1.90 bits per heavy atom. The van der Waals surface area contributed by atoms with Crippen molar-refractivity contribution in [3.05, 3.63) is 35.4 Å². The number of carbonyl (C=O) groups is 1. The van der Waals surface area contributed by atoms with Crippen LogP contribution in [0, 0.1) is 0 Å². The lowest BCUT2D eigenvalue weighted by Crippen LogP contribution is -2.49. The third-order valence-corrected chi connectivity index (χ3v) is 4.87. The number of aryl methyl sites for hydroxylation is 1. The zero-order valence-electron chi connectivity index (χ0n) is 11.9. The predicted molar refractivity (Wildman–Crippen MR) is 78.9 cm³/mol. The molecule has 3 heteroatoms. The van der Waals surface area contributed by atoms with Crippen molar-refractivity contribution in [1.82, 2.24) is 4.90 Å². The number of carboxylic acids is 1. The van der Waals surface area contributed by atoms with E-state index < -0.39 is 5.97 Å². The molecule has 0 spiro atoms. The van der Waals surface area contributed by atoms with Gasteiger partial charge in [0.1, 0.15) is 6.04 Å². The van der Waals surface area contributed by atoms with Gasteiger partial charge in [0.25, 0.3) is 0 Å². The maximum absolute atomic E-state index is 11.6. The van der Waals surface area contributed by atoms with Gasteiger partial charge in [0.15, 0.2) is 0 Å². The molecular weight excluding hydrogens is 250 g/mol. The Morgan fingerprint density at radius 1 is 1.10 bits per heavy atom. The molecule has 2 atom stereocenters. The van der Waals surface area contributed by atoms with Crippen molar-refractivity contribution >= 4 is 5.97 Å². The molecule has 0 bridgehead atoms. The first-order valence-corrected chi connectivity index (χ1v) is 7.81. The second-order valence-electron chi connectivity index (χ2n) is 6.11. The zero-order valence-corrected chi connectivity index (χ0v) is 11.9. The topological polar surface area (TPSA) is 40.5 Å². The van der Waals surface area contributed by atoms with Crippen LogP contribution in [0.1, 0.15) is 43.2 Å². The first-order valence-electron chi connectivity index (χ1n) is 7.81. The van der Waals surface area contributed by atoms with Crippen molar-refractivity contribution in [3.63, 3.8) is 0 Å². The van der Waals surface area contributed by atoms with Gasteiger partial charge < -0.3 is 5.11 Å². The van der Waals surface area contributed by atoms with Crippen LogP contribution in [0.3, 0.4) is 0 Å². The summed E-state index contributed by atoms with van der Waals surface area (Å²) in [5, 5.41) is 9.52. The van der Waals surface area contributed by atoms with E-state index in [9.17, 15) is 9.90 Å². The molecule has 1 aliphatic carbocycles. The van der Waals surface area contributed by atoms with Crippen LogP contribution in [0.15, 0.2) is 24.3 Å². The Morgan fingerprint density at radius 3 is 2.70 bits per heavy atom. The fourth-order valence-corrected chi connectivity index (χ4v) is 3.79. The van der Waals surface area contributed by atoms with E-state index in [1.54, 1.807) is 0 Å². The molecular formula is C17H23NO2. The second-order valence-corrected chi connectivity index (χ2v) is 6.11. The van der Waals surface area contributed by atoms with E-state index in [1.165, 1.54) is 17.5 Å². The fourth-order valence-electron chi connectivity index (χ4n) is 3.79. The number of rotatable bonds is 2. The van der Waals surface area contributed by atoms with Crippen molar-refractivity contribution in [2.75, 3.05) is 6.54 Å². The molecule has 1 fully saturated rings. The molecule has 2 unspecified atom stereocenters. The molecule has 1 heterocycles. The second kappa shape index (κ2) is 5.96. The maximum atomic E-state index is 11.6. The van der Waals surface area contributed by atoms with Gasteiger partial charge in [-0.3, -0.25) is 9.69 Å². The van der Waals surface area contributed by atoms with Crippen LogP contribution < -0.4 is 0 Å². The van der Waals surface area contributed by atoms with Crippen LogP contribution in [0.25, 0.3) is 0 Å². The molecule has 108 valence electrons. The summed E-state index contributed by atoms with van der Waals surface area (Å²) in [4.78, 5) is 13.8. The van der Waals surface area contributed by atoms with E-state index in [4.69, 9.17) is 0 Å². The quantitative estimate of drug-likeness (QED) is 0.900. The van der Waals surface area contributed by atoms with Gasteiger partial charge in [-0.1, -0.05) is 37.1 Å². The molecule has 1 N–H and O–H groups in total. The normalized spacial score (nSPS) is 27.6. The molecule has 3 nitrogen and oxygen atoms in total. The summed E-state index contributed by atoms with van der Waals surface area (Å²) in [5.74, 6) is -0.634. The van der Waals surface area contributed by atoms with Crippen LogP contribution in [-0.2, 0) is 17.6 Å². The number of nitrogens with zero attached hydrogens (tertiary/aromatic N) is 1. The molecule has 0 saturated carbocycles. The molecule has 1 saturated heterocycles.